The fraction of sp³-hybridized carbons (Fsp3) is 0.0625. The smallest absolute Gasteiger partial charge is 0.143 e. The molecule has 20 heavy (non-hydrogen) atoms. The van der Waals surface area contributed by atoms with Crippen molar-refractivity contribution in [3.63, 3.8) is 0 Å². The average Bonchev–Trinajstić information content (AvgIpc) is 2.49. The molecule has 2 nitrogen and oxygen atoms in total. The molecule has 1 atom stereocenters. The van der Waals surface area contributed by atoms with Gasteiger partial charge in [-0.3, -0.25) is 4.98 Å². The zero-order valence-electron chi connectivity index (χ0n) is 10.4. The Bertz CT molecular complexity index is 775. The Morgan fingerprint density at radius 2 is 1.95 bits per heavy atom. The van der Waals surface area contributed by atoms with E-state index in [0.717, 1.165) is 10.9 Å². The largest absolute Gasteiger partial charge is 0.384 e. The highest BCUT2D eigenvalue weighted by atomic mass is 79.9. The lowest BCUT2D eigenvalue weighted by Gasteiger charge is -2.13. The van der Waals surface area contributed by atoms with Gasteiger partial charge in [-0.15, -0.1) is 0 Å². The molecule has 0 spiro atoms. The first-order valence-corrected chi connectivity index (χ1v) is 6.93. The van der Waals surface area contributed by atoms with Crippen molar-refractivity contribution in [2.75, 3.05) is 0 Å². The highest BCUT2D eigenvalue weighted by Crippen LogP contribution is 2.29. The van der Waals surface area contributed by atoms with E-state index in [2.05, 4.69) is 20.9 Å². The van der Waals surface area contributed by atoms with Crippen LogP contribution >= 0.6 is 15.9 Å². The fourth-order valence-electron chi connectivity index (χ4n) is 2.18. The number of hydrogen-bond acceptors (Lipinski definition) is 2. The maximum Gasteiger partial charge on any atom is 0.143 e. The molecule has 4 heteroatoms. The second-order valence-electron chi connectivity index (χ2n) is 4.50. The Kier molecular flexibility index (Phi) is 3.51. The summed E-state index contributed by atoms with van der Waals surface area (Å²) in [7, 11) is 0. The van der Waals surface area contributed by atoms with Gasteiger partial charge in [-0.2, -0.15) is 0 Å². The second-order valence-corrected chi connectivity index (χ2v) is 5.36. The van der Waals surface area contributed by atoms with Gasteiger partial charge in [0.1, 0.15) is 11.9 Å². The summed E-state index contributed by atoms with van der Waals surface area (Å²) in [5, 5.41) is 11.3. The molecule has 0 bridgehead atoms. The number of rotatable bonds is 2. The van der Waals surface area contributed by atoms with E-state index in [1.807, 2.05) is 24.3 Å². The van der Waals surface area contributed by atoms with E-state index in [0.29, 0.717) is 10.0 Å². The molecule has 3 aromatic rings. The third-order valence-corrected chi connectivity index (χ3v) is 3.83. The van der Waals surface area contributed by atoms with E-state index in [1.165, 1.54) is 0 Å². The van der Waals surface area contributed by atoms with Gasteiger partial charge in [0.25, 0.3) is 0 Å². The van der Waals surface area contributed by atoms with Crippen LogP contribution in [0.5, 0.6) is 0 Å². The van der Waals surface area contributed by atoms with Crippen LogP contribution in [-0.4, -0.2) is 10.1 Å². The lowest BCUT2D eigenvalue weighted by Crippen LogP contribution is -2.03. The van der Waals surface area contributed by atoms with Crippen molar-refractivity contribution in [3.05, 3.63) is 76.1 Å². The minimum atomic E-state index is -1.00. The summed E-state index contributed by atoms with van der Waals surface area (Å²) >= 11 is 3.13. The van der Waals surface area contributed by atoms with Crippen LogP contribution in [0.2, 0.25) is 0 Å². The van der Waals surface area contributed by atoms with Crippen molar-refractivity contribution in [2.24, 2.45) is 0 Å². The van der Waals surface area contributed by atoms with Crippen LogP contribution in [0, 0.1) is 5.82 Å². The van der Waals surface area contributed by atoms with Gasteiger partial charge >= 0.3 is 0 Å². The van der Waals surface area contributed by atoms with E-state index in [1.54, 1.807) is 30.5 Å². The highest BCUT2D eigenvalue weighted by molar-refractivity contribution is 9.10. The maximum atomic E-state index is 14.0. The van der Waals surface area contributed by atoms with Gasteiger partial charge in [0.05, 0.1) is 9.99 Å². The molecule has 1 heterocycles. The third kappa shape index (κ3) is 2.32. The summed E-state index contributed by atoms with van der Waals surface area (Å²) in [6.45, 7) is 0. The molecular weight excluding hydrogens is 321 g/mol. The number of aliphatic hydroxyl groups is 1. The second kappa shape index (κ2) is 5.31. The number of benzene rings is 2. The Morgan fingerprint density at radius 3 is 2.80 bits per heavy atom. The molecule has 1 aromatic heterocycles. The standard InChI is InChI=1S/C16H11BrFNO/c17-13-5-1-4-12(15(13)18)16(20)11-6-7-14-10(9-11)3-2-8-19-14/h1-9,16,20H. The first-order valence-electron chi connectivity index (χ1n) is 6.13. The minimum absolute atomic E-state index is 0.252. The van der Waals surface area contributed by atoms with Gasteiger partial charge in [0, 0.05) is 17.1 Å². The van der Waals surface area contributed by atoms with Gasteiger partial charge < -0.3 is 5.11 Å². The monoisotopic (exact) mass is 331 g/mol. The molecule has 0 saturated carbocycles. The predicted octanol–water partition coefficient (Wildman–Crippen LogP) is 4.22. The van der Waals surface area contributed by atoms with E-state index in [9.17, 15) is 9.50 Å². The molecule has 1 N–H and O–H groups in total. The first kappa shape index (κ1) is 13.2. The topological polar surface area (TPSA) is 33.1 Å². The van der Waals surface area contributed by atoms with Crippen molar-refractivity contribution in [3.8, 4) is 0 Å². The molecule has 0 aliphatic rings. The van der Waals surface area contributed by atoms with E-state index >= 15 is 0 Å². The Labute approximate surface area is 124 Å². The number of aliphatic hydroxyl groups excluding tert-OH is 1. The number of hydrogen-bond donors (Lipinski definition) is 1. The zero-order valence-corrected chi connectivity index (χ0v) is 12.0. The zero-order chi connectivity index (χ0) is 14.1. The van der Waals surface area contributed by atoms with E-state index in [4.69, 9.17) is 0 Å². The van der Waals surface area contributed by atoms with Crippen LogP contribution < -0.4 is 0 Å². The molecule has 0 fully saturated rings. The molecule has 0 aliphatic heterocycles. The highest BCUT2D eigenvalue weighted by Gasteiger charge is 2.16. The van der Waals surface area contributed by atoms with Crippen molar-refractivity contribution in [2.45, 2.75) is 6.10 Å². The maximum absolute atomic E-state index is 14.0. The van der Waals surface area contributed by atoms with Crippen LogP contribution in [0.4, 0.5) is 4.39 Å². The molecule has 0 amide bonds. The number of fused-ring (bicyclic) bond motifs is 1. The molecular formula is C16H11BrFNO. The quantitative estimate of drug-likeness (QED) is 0.762. The van der Waals surface area contributed by atoms with E-state index in [-0.39, 0.29) is 5.56 Å². The Hall–Kier alpha value is -1.78. The average molecular weight is 332 g/mol. The van der Waals surface area contributed by atoms with Crippen molar-refractivity contribution in [1.82, 2.24) is 4.98 Å². The summed E-state index contributed by atoms with van der Waals surface area (Å²) in [5.74, 6) is -0.439. The van der Waals surface area contributed by atoms with Gasteiger partial charge in [-0.25, -0.2) is 4.39 Å². The summed E-state index contributed by atoms with van der Waals surface area (Å²) in [5.41, 5.74) is 1.74. The predicted molar refractivity (Wildman–Crippen MR) is 79.9 cm³/mol. The molecule has 3 rings (SSSR count). The number of aromatic nitrogens is 1. The third-order valence-electron chi connectivity index (χ3n) is 3.22. The van der Waals surface area contributed by atoms with Crippen molar-refractivity contribution in [1.29, 1.82) is 0 Å². The summed E-state index contributed by atoms with van der Waals surface area (Å²) in [6.07, 6.45) is 0.712. The van der Waals surface area contributed by atoms with Crippen molar-refractivity contribution < 1.29 is 9.50 Å². The van der Waals surface area contributed by atoms with Crippen LogP contribution in [0.3, 0.4) is 0 Å². The fourth-order valence-corrected chi connectivity index (χ4v) is 2.56. The van der Waals surface area contributed by atoms with Crippen LogP contribution in [0.25, 0.3) is 10.9 Å². The van der Waals surface area contributed by atoms with Crippen LogP contribution in [0.1, 0.15) is 17.2 Å². The van der Waals surface area contributed by atoms with Crippen LogP contribution in [0.15, 0.2) is 59.2 Å². The van der Waals surface area contributed by atoms with Gasteiger partial charge in [-0.1, -0.05) is 24.3 Å². The molecule has 0 saturated heterocycles. The van der Waals surface area contributed by atoms with Crippen LogP contribution in [-0.2, 0) is 0 Å². The Morgan fingerprint density at radius 1 is 1.10 bits per heavy atom. The summed E-state index contributed by atoms with van der Waals surface area (Å²) in [4.78, 5) is 4.22. The normalized spacial score (nSPS) is 12.6. The summed E-state index contributed by atoms with van der Waals surface area (Å²) < 4.78 is 14.4. The van der Waals surface area contributed by atoms with Gasteiger partial charge in [0.2, 0.25) is 0 Å². The van der Waals surface area contributed by atoms with E-state index < -0.39 is 11.9 Å². The molecule has 100 valence electrons. The summed E-state index contributed by atoms with van der Waals surface area (Å²) in [6, 6.07) is 14.0. The first-order chi connectivity index (χ1) is 9.66. The minimum Gasteiger partial charge on any atom is -0.384 e. The number of halogens is 2. The Balaban J connectivity index is 2.08. The molecule has 0 aliphatic carbocycles. The van der Waals surface area contributed by atoms with Gasteiger partial charge in [-0.05, 0) is 45.8 Å². The molecule has 1 unspecified atom stereocenters. The number of nitrogens with zero attached hydrogens (tertiary/aromatic N) is 1. The lowest BCUT2D eigenvalue weighted by molar-refractivity contribution is 0.215. The van der Waals surface area contributed by atoms with Gasteiger partial charge in [0.15, 0.2) is 0 Å². The molecule has 2 aromatic carbocycles. The number of pyridine rings is 1. The lowest BCUT2D eigenvalue weighted by atomic mass is 9.99. The molecule has 0 radical (unpaired) electrons. The van der Waals surface area contributed by atoms with Crippen molar-refractivity contribution >= 4 is 26.8 Å². The SMILES string of the molecule is OC(c1ccc2ncccc2c1)c1cccc(Br)c1F.